The van der Waals surface area contributed by atoms with Crippen LogP contribution >= 0.6 is 0 Å². The summed E-state index contributed by atoms with van der Waals surface area (Å²) in [4.78, 5) is 44.9. The van der Waals surface area contributed by atoms with E-state index in [0.717, 1.165) is 18.4 Å². The van der Waals surface area contributed by atoms with Gasteiger partial charge < -0.3 is 5.32 Å². The summed E-state index contributed by atoms with van der Waals surface area (Å²) in [6.45, 7) is 0. The van der Waals surface area contributed by atoms with Gasteiger partial charge in [0, 0.05) is 12.6 Å². The molecule has 1 aliphatic heterocycles. The van der Waals surface area contributed by atoms with Gasteiger partial charge in [0.15, 0.2) is 0 Å². The topological polar surface area (TPSA) is 91.4 Å². The number of rotatable bonds is 5. The van der Waals surface area contributed by atoms with Gasteiger partial charge in [-0.25, -0.2) is 9.78 Å². The minimum absolute atomic E-state index is 0.108. The van der Waals surface area contributed by atoms with Crippen molar-refractivity contribution in [1.82, 2.24) is 15.2 Å². The number of allylic oxidation sites excluding steroid dienone is 2. The molecule has 2 aromatic rings. The van der Waals surface area contributed by atoms with Crippen LogP contribution in [0.25, 0.3) is 0 Å². The summed E-state index contributed by atoms with van der Waals surface area (Å²) in [6, 6.07) is 14.3. The van der Waals surface area contributed by atoms with Gasteiger partial charge in [-0.2, -0.15) is 0 Å². The van der Waals surface area contributed by atoms with Crippen LogP contribution in [0.1, 0.15) is 18.4 Å². The first-order valence-electron chi connectivity index (χ1n) is 10.7. The minimum atomic E-state index is -0.767. The van der Waals surface area contributed by atoms with Gasteiger partial charge in [0.2, 0.25) is 11.8 Å². The maximum atomic E-state index is 13.4. The molecule has 1 aromatic carbocycles. The van der Waals surface area contributed by atoms with Crippen molar-refractivity contribution in [1.29, 1.82) is 0 Å². The highest BCUT2D eigenvalue weighted by atomic mass is 16.2. The SMILES string of the molecule is O=C(Nc1ccccn1)N[C@H](Cc1ccccc1)N1C(=O)[C@@H]2[C@H](C1=O)[C@H]1C=C[C@H]2CC1. The number of hydrogen-bond acceptors (Lipinski definition) is 4. The lowest BCUT2D eigenvalue weighted by Crippen LogP contribution is -2.53. The van der Waals surface area contributed by atoms with E-state index < -0.39 is 12.2 Å². The molecule has 4 amide bonds. The van der Waals surface area contributed by atoms with Crippen LogP contribution in [0.5, 0.6) is 0 Å². The number of nitrogens with one attached hydrogen (secondary N) is 2. The maximum Gasteiger partial charge on any atom is 0.322 e. The third-order valence-electron chi connectivity index (χ3n) is 6.58. The van der Waals surface area contributed by atoms with Gasteiger partial charge in [0.1, 0.15) is 12.0 Å². The fraction of sp³-hybridized carbons (Fsp3) is 0.333. The molecule has 0 spiro atoms. The number of carbonyl (C=O) groups is 3. The molecule has 31 heavy (non-hydrogen) atoms. The summed E-state index contributed by atoms with van der Waals surface area (Å²) < 4.78 is 0. The molecule has 3 aliphatic carbocycles. The third-order valence-corrected chi connectivity index (χ3v) is 6.58. The van der Waals surface area contributed by atoms with E-state index in [4.69, 9.17) is 0 Å². The average Bonchev–Trinajstić information content (AvgIpc) is 3.08. The molecule has 2 fully saturated rings. The molecule has 7 heteroatoms. The molecule has 1 aromatic heterocycles. The van der Waals surface area contributed by atoms with Crippen LogP contribution < -0.4 is 10.6 Å². The lowest BCUT2D eigenvalue weighted by molar-refractivity contribution is -0.143. The van der Waals surface area contributed by atoms with Gasteiger partial charge in [-0.3, -0.25) is 19.8 Å². The Hall–Kier alpha value is -3.48. The zero-order valence-corrected chi connectivity index (χ0v) is 17.0. The molecule has 1 saturated carbocycles. The number of likely N-dealkylation sites (tertiary alicyclic amines) is 1. The number of carbonyl (C=O) groups excluding carboxylic acids is 3. The summed E-state index contributed by atoms with van der Waals surface area (Å²) in [5.41, 5.74) is 0.933. The van der Waals surface area contributed by atoms with Crippen molar-refractivity contribution >= 4 is 23.7 Å². The van der Waals surface area contributed by atoms with E-state index in [9.17, 15) is 14.4 Å². The van der Waals surface area contributed by atoms with Gasteiger partial charge >= 0.3 is 6.03 Å². The predicted molar refractivity (Wildman–Crippen MR) is 115 cm³/mol. The maximum absolute atomic E-state index is 13.4. The van der Waals surface area contributed by atoms with Crippen LogP contribution in [0.4, 0.5) is 10.6 Å². The predicted octanol–water partition coefficient (Wildman–Crippen LogP) is 2.97. The monoisotopic (exact) mass is 416 g/mol. The van der Waals surface area contributed by atoms with Crippen LogP contribution in [0, 0.1) is 23.7 Å². The van der Waals surface area contributed by atoms with Crippen molar-refractivity contribution in [2.24, 2.45) is 23.7 Å². The van der Waals surface area contributed by atoms with Gasteiger partial charge in [-0.1, -0.05) is 48.6 Å². The summed E-state index contributed by atoms with van der Waals surface area (Å²) in [5.74, 6) is -0.354. The van der Waals surface area contributed by atoms with Gasteiger partial charge in [0.05, 0.1) is 11.8 Å². The minimum Gasteiger partial charge on any atom is -0.317 e. The lowest BCUT2D eigenvalue weighted by atomic mass is 9.63. The lowest BCUT2D eigenvalue weighted by Gasteiger charge is -2.38. The number of nitrogens with zero attached hydrogens (tertiary/aromatic N) is 2. The molecule has 6 rings (SSSR count). The largest absolute Gasteiger partial charge is 0.322 e. The number of imide groups is 1. The Kier molecular flexibility index (Phi) is 5.02. The highest BCUT2D eigenvalue weighted by molar-refractivity contribution is 6.06. The van der Waals surface area contributed by atoms with E-state index in [1.165, 1.54) is 4.90 Å². The quantitative estimate of drug-likeness (QED) is 0.579. The highest BCUT2D eigenvalue weighted by Crippen LogP contribution is 2.49. The standard InChI is InChI=1S/C24H24N4O3/c29-22-20-16-9-10-17(12-11-16)21(20)23(30)28(22)19(14-15-6-2-1-3-7-15)27-24(31)26-18-8-4-5-13-25-18/h1-10,13,16-17,19-21H,11-12,14H2,(H2,25,26,27,31)/t16-,17-,19-,20-,21+/m0/s1. The number of aromatic nitrogens is 1. The molecule has 4 aliphatic rings. The first-order valence-corrected chi connectivity index (χ1v) is 10.7. The molecular formula is C24H24N4O3. The van der Waals surface area contributed by atoms with E-state index in [-0.39, 0.29) is 35.5 Å². The van der Waals surface area contributed by atoms with E-state index in [2.05, 4.69) is 27.8 Å². The van der Waals surface area contributed by atoms with Crippen LogP contribution in [0.15, 0.2) is 66.9 Å². The second-order valence-electron chi connectivity index (χ2n) is 8.41. The van der Waals surface area contributed by atoms with Crippen molar-refractivity contribution in [2.75, 3.05) is 5.32 Å². The van der Waals surface area contributed by atoms with Crippen molar-refractivity contribution in [3.8, 4) is 0 Å². The second-order valence-corrected chi connectivity index (χ2v) is 8.41. The molecule has 158 valence electrons. The van der Waals surface area contributed by atoms with E-state index in [1.54, 1.807) is 24.4 Å². The molecule has 7 nitrogen and oxygen atoms in total. The fourth-order valence-corrected chi connectivity index (χ4v) is 5.19. The molecule has 1 saturated heterocycles. The summed E-state index contributed by atoms with van der Waals surface area (Å²) in [5, 5.41) is 5.53. The molecule has 2 N–H and O–H groups in total. The Labute approximate surface area is 180 Å². The number of anilines is 1. The number of benzene rings is 1. The number of amides is 4. The third kappa shape index (κ3) is 3.60. The zero-order valence-electron chi connectivity index (χ0n) is 17.0. The van der Waals surface area contributed by atoms with Gasteiger partial charge in [-0.15, -0.1) is 0 Å². The van der Waals surface area contributed by atoms with Crippen LogP contribution in [-0.2, 0) is 16.0 Å². The fourth-order valence-electron chi connectivity index (χ4n) is 5.19. The normalized spacial score (nSPS) is 27.2. The first kappa shape index (κ1) is 19.5. The van der Waals surface area contributed by atoms with Crippen LogP contribution in [0.3, 0.4) is 0 Å². The van der Waals surface area contributed by atoms with Gasteiger partial charge in [0.25, 0.3) is 0 Å². The van der Waals surface area contributed by atoms with E-state index in [1.807, 2.05) is 30.3 Å². The molecule has 2 bridgehead atoms. The van der Waals surface area contributed by atoms with Crippen LogP contribution in [-0.4, -0.2) is 33.9 Å². The van der Waals surface area contributed by atoms with E-state index in [0.29, 0.717) is 12.2 Å². The number of fused-ring (bicyclic) bond motifs is 1. The van der Waals surface area contributed by atoms with Crippen molar-refractivity contribution in [3.05, 3.63) is 72.4 Å². The smallest absolute Gasteiger partial charge is 0.317 e. The number of pyridine rings is 1. The Morgan fingerprint density at radius 2 is 1.61 bits per heavy atom. The molecule has 2 heterocycles. The average molecular weight is 416 g/mol. The zero-order chi connectivity index (χ0) is 21.4. The first-order chi connectivity index (χ1) is 15.1. The number of hydrogen-bond donors (Lipinski definition) is 2. The Morgan fingerprint density at radius 1 is 0.968 bits per heavy atom. The second kappa shape index (κ2) is 7.98. The molecule has 0 unspecified atom stereocenters. The Balaban J connectivity index is 1.41. The summed E-state index contributed by atoms with van der Waals surface area (Å²) in [6.07, 6.45) is 7.22. The van der Waals surface area contributed by atoms with E-state index >= 15 is 0 Å². The number of urea groups is 1. The van der Waals surface area contributed by atoms with Crippen LogP contribution in [0.2, 0.25) is 0 Å². The van der Waals surface area contributed by atoms with Crippen molar-refractivity contribution in [3.63, 3.8) is 0 Å². The molecule has 5 atom stereocenters. The summed E-state index contributed by atoms with van der Waals surface area (Å²) >= 11 is 0. The van der Waals surface area contributed by atoms with Crippen molar-refractivity contribution < 1.29 is 14.4 Å². The Morgan fingerprint density at radius 3 is 2.19 bits per heavy atom. The van der Waals surface area contributed by atoms with Gasteiger partial charge in [-0.05, 0) is 42.4 Å². The molecular weight excluding hydrogens is 392 g/mol. The Bertz CT molecular complexity index is 992. The summed E-state index contributed by atoms with van der Waals surface area (Å²) in [7, 11) is 0. The highest BCUT2D eigenvalue weighted by Gasteiger charge is 2.58. The molecule has 0 radical (unpaired) electrons. The van der Waals surface area contributed by atoms with Crippen molar-refractivity contribution in [2.45, 2.75) is 25.4 Å².